The maximum absolute atomic E-state index is 12.7. The lowest BCUT2D eigenvalue weighted by Gasteiger charge is -2.34. The second-order valence-corrected chi connectivity index (χ2v) is 6.38. The van der Waals surface area contributed by atoms with Gasteiger partial charge in [0.15, 0.2) is 5.76 Å². The predicted molar refractivity (Wildman–Crippen MR) is 83.4 cm³/mol. The summed E-state index contributed by atoms with van der Waals surface area (Å²) in [6.45, 7) is 8.33. The summed E-state index contributed by atoms with van der Waals surface area (Å²) in [7, 11) is 0. The Morgan fingerprint density at radius 1 is 1.36 bits per heavy atom. The molecule has 1 N–H and O–H groups in total. The molecular formula is C16H25N3O3. The van der Waals surface area contributed by atoms with Gasteiger partial charge in [0.25, 0.3) is 0 Å². The summed E-state index contributed by atoms with van der Waals surface area (Å²) in [6.07, 6.45) is 3.06. The first-order valence-corrected chi connectivity index (χ1v) is 7.93. The van der Waals surface area contributed by atoms with E-state index < -0.39 is 6.04 Å². The van der Waals surface area contributed by atoms with Crippen LogP contribution in [0.25, 0.3) is 0 Å². The van der Waals surface area contributed by atoms with Gasteiger partial charge in [-0.05, 0) is 39.0 Å². The molecule has 0 aromatic carbocycles. The van der Waals surface area contributed by atoms with E-state index in [-0.39, 0.29) is 11.8 Å². The van der Waals surface area contributed by atoms with E-state index in [0.29, 0.717) is 42.4 Å². The number of nitrogens with one attached hydrogen (secondary N) is 1. The van der Waals surface area contributed by atoms with E-state index in [1.54, 1.807) is 18.7 Å². The number of amides is 2. The molecule has 6 heteroatoms. The Morgan fingerprint density at radius 3 is 2.64 bits per heavy atom. The molecule has 0 radical (unpaired) electrons. The van der Waals surface area contributed by atoms with Crippen LogP contribution in [0.5, 0.6) is 0 Å². The van der Waals surface area contributed by atoms with Crippen molar-refractivity contribution in [1.29, 1.82) is 0 Å². The van der Waals surface area contributed by atoms with Gasteiger partial charge in [0.1, 0.15) is 17.4 Å². The van der Waals surface area contributed by atoms with Crippen LogP contribution in [0.15, 0.2) is 4.52 Å². The number of hydrogen-bond donors (Lipinski definition) is 1. The van der Waals surface area contributed by atoms with Crippen LogP contribution in [0, 0.1) is 19.8 Å². The first-order valence-electron chi connectivity index (χ1n) is 7.93. The Balaban J connectivity index is 2.17. The van der Waals surface area contributed by atoms with Crippen LogP contribution in [-0.4, -0.2) is 34.5 Å². The van der Waals surface area contributed by atoms with Crippen molar-refractivity contribution in [3.63, 3.8) is 0 Å². The standard InChI is InChI=1S/C16H25N3O3/c1-10(2)9-13(19-8-6-5-7-14(19)20)16(21)17-15-11(3)18-22-12(15)4/h10,13H,5-9H2,1-4H3,(H,17,21)/t13-/m0/s1. The fourth-order valence-electron chi connectivity index (χ4n) is 2.85. The minimum Gasteiger partial charge on any atom is -0.359 e. The monoisotopic (exact) mass is 307 g/mol. The van der Waals surface area contributed by atoms with Gasteiger partial charge in [0.2, 0.25) is 11.8 Å². The van der Waals surface area contributed by atoms with Crippen LogP contribution in [0.4, 0.5) is 5.69 Å². The molecule has 1 aromatic rings. The number of carbonyl (C=O) groups excluding carboxylic acids is 2. The van der Waals surface area contributed by atoms with Crippen molar-refractivity contribution in [2.45, 2.75) is 59.4 Å². The lowest BCUT2D eigenvalue weighted by Crippen LogP contribution is -2.50. The molecule has 1 aromatic heterocycles. The Kier molecular flexibility index (Phi) is 5.21. The van der Waals surface area contributed by atoms with Crippen molar-refractivity contribution in [3.05, 3.63) is 11.5 Å². The summed E-state index contributed by atoms with van der Waals surface area (Å²) < 4.78 is 5.08. The highest BCUT2D eigenvalue weighted by Crippen LogP contribution is 2.23. The highest BCUT2D eigenvalue weighted by Gasteiger charge is 2.32. The molecule has 6 nitrogen and oxygen atoms in total. The second-order valence-electron chi connectivity index (χ2n) is 6.38. The number of piperidine rings is 1. The topological polar surface area (TPSA) is 75.4 Å². The maximum atomic E-state index is 12.7. The zero-order chi connectivity index (χ0) is 16.3. The third-order valence-electron chi connectivity index (χ3n) is 4.02. The molecule has 1 fully saturated rings. The van der Waals surface area contributed by atoms with E-state index in [9.17, 15) is 9.59 Å². The summed E-state index contributed by atoms with van der Waals surface area (Å²) in [5.41, 5.74) is 1.27. The first kappa shape index (κ1) is 16.5. The van der Waals surface area contributed by atoms with Gasteiger partial charge in [0.05, 0.1) is 0 Å². The first-order chi connectivity index (χ1) is 10.4. The average molecular weight is 307 g/mol. The molecule has 1 atom stereocenters. The van der Waals surface area contributed by atoms with Crippen molar-refractivity contribution in [2.75, 3.05) is 11.9 Å². The molecule has 122 valence electrons. The van der Waals surface area contributed by atoms with Crippen LogP contribution in [0.2, 0.25) is 0 Å². The van der Waals surface area contributed by atoms with E-state index in [4.69, 9.17) is 4.52 Å². The van der Waals surface area contributed by atoms with Gasteiger partial charge in [-0.3, -0.25) is 9.59 Å². The number of carbonyl (C=O) groups is 2. The normalized spacial score (nSPS) is 17.0. The van der Waals surface area contributed by atoms with Crippen LogP contribution in [0.1, 0.15) is 51.0 Å². The Morgan fingerprint density at radius 2 is 2.09 bits per heavy atom. The maximum Gasteiger partial charge on any atom is 0.247 e. The predicted octanol–water partition coefficient (Wildman–Crippen LogP) is 2.66. The summed E-state index contributed by atoms with van der Waals surface area (Å²) >= 11 is 0. The molecule has 22 heavy (non-hydrogen) atoms. The smallest absolute Gasteiger partial charge is 0.247 e. The van der Waals surface area contributed by atoms with Crippen molar-refractivity contribution < 1.29 is 14.1 Å². The highest BCUT2D eigenvalue weighted by molar-refractivity contribution is 5.98. The fraction of sp³-hybridized carbons (Fsp3) is 0.688. The Hall–Kier alpha value is -1.85. The molecule has 0 spiro atoms. The van der Waals surface area contributed by atoms with Crippen LogP contribution >= 0.6 is 0 Å². The number of hydrogen-bond acceptors (Lipinski definition) is 4. The van der Waals surface area contributed by atoms with Crippen LogP contribution < -0.4 is 5.32 Å². The molecule has 1 aliphatic heterocycles. The molecule has 1 aliphatic rings. The number of aromatic nitrogens is 1. The van der Waals surface area contributed by atoms with Gasteiger partial charge < -0.3 is 14.7 Å². The van der Waals surface area contributed by atoms with E-state index in [2.05, 4.69) is 24.3 Å². The van der Waals surface area contributed by atoms with Crippen molar-refractivity contribution >= 4 is 17.5 Å². The fourth-order valence-corrected chi connectivity index (χ4v) is 2.85. The molecular weight excluding hydrogens is 282 g/mol. The summed E-state index contributed by atoms with van der Waals surface area (Å²) in [5.74, 6) is 0.832. The van der Waals surface area contributed by atoms with E-state index in [1.807, 2.05) is 0 Å². The van der Waals surface area contributed by atoms with Crippen molar-refractivity contribution in [2.24, 2.45) is 5.92 Å². The number of aryl methyl sites for hydroxylation is 2. The molecule has 0 aliphatic carbocycles. The molecule has 0 bridgehead atoms. The largest absolute Gasteiger partial charge is 0.359 e. The quantitative estimate of drug-likeness (QED) is 0.907. The minimum absolute atomic E-state index is 0.0748. The average Bonchev–Trinajstić information content (AvgIpc) is 2.77. The van der Waals surface area contributed by atoms with Gasteiger partial charge in [-0.15, -0.1) is 0 Å². The lowest BCUT2D eigenvalue weighted by molar-refractivity contribution is -0.141. The highest BCUT2D eigenvalue weighted by atomic mass is 16.5. The van der Waals surface area contributed by atoms with E-state index in [0.717, 1.165) is 12.8 Å². The number of likely N-dealkylation sites (tertiary alicyclic amines) is 1. The molecule has 2 rings (SSSR count). The molecule has 2 amide bonds. The van der Waals surface area contributed by atoms with Gasteiger partial charge in [-0.2, -0.15) is 0 Å². The van der Waals surface area contributed by atoms with Crippen molar-refractivity contribution in [1.82, 2.24) is 10.1 Å². The zero-order valence-corrected chi connectivity index (χ0v) is 13.8. The van der Waals surface area contributed by atoms with E-state index >= 15 is 0 Å². The lowest BCUT2D eigenvalue weighted by atomic mass is 9.98. The van der Waals surface area contributed by atoms with Crippen LogP contribution in [0.3, 0.4) is 0 Å². The molecule has 1 saturated heterocycles. The summed E-state index contributed by atoms with van der Waals surface area (Å²) in [6, 6.07) is -0.429. The zero-order valence-electron chi connectivity index (χ0n) is 13.8. The van der Waals surface area contributed by atoms with Gasteiger partial charge in [-0.1, -0.05) is 19.0 Å². The summed E-state index contributed by atoms with van der Waals surface area (Å²) in [5, 5.41) is 6.74. The van der Waals surface area contributed by atoms with E-state index in [1.165, 1.54) is 0 Å². The Bertz CT molecular complexity index is 531. The molecule has 2 heterocycles. The number of nitrogens with zero attached hydrogens (tertiary/aromatic N) is 2. The summed E-state index contributed by atoms with van der Waals surface area (Å²) in [4.78, 5) is 26.6. The van der Waals surface area contributed by atoms with Crippen molar-refractivity contribution in [3.8, 4) is 0 Å². The second kappa shape index (κ2) is 6.94. The van der Waals surface area contributed by atoms with Crippen LogP contribution in [-0.2, 0) is 9.59 Å². The van der Waals surface area contributed by atoms with Gasteiger partial charge >= 0.3 is 0 Å². The van der Waals surface area contributed by atoms with Gasteiger partial charge in [-0.25, -0.2) is 0 Å². The number of anilines is 1. The van der Waals surface area contributed by atoms with Gasteiger partial charge in [0, 0.05) is 13.0 Å². The molecule has 0 saturated carbocycles. The molecule has 0 unspecified atom stereocenters. The SMILES string of the molecule is Cc1noc(C)c1NC(=O)[C@H](CC(C)C)N1CCCCC1=O. The third kappa shape index (κ3) is 3.67. The third-order valence-corrected chi connectivity index (χ3v) is 4.02. The Labute approximate surface area is 131 Å². The number of rotatable bonds is 5. The minimum atomic E-state index is -0.429.